The Morgan fingerprint density at radius 2 is 2.09 bits per heavy atom. The fourth-order valence-corrected chi connectivity index (χ4v) is 2.45. The van der Waals surface area contributed by atoms with Crippen LogP contribution < -0.4 is 10.1 Å². The fourth-order valence-electron chi connectivity index (χ4n) is 2.04. The molecule has 0 amide bonds. The molecule has 5 heteroatoms. The molecule has 0 saturated heterocycles. The highest BCUT2D eigenvalue weighted by molar-refractivity contribution is 9.10. The second-order valence-electron chi connectivity index (χ2n) is 5.33. The standard InChI is InChI=1S/C17H22BrN3O/c1-21(2)10-5-11-22-16-8-7-15(18)12-14(16)13-20-17-6-3-4-9-19-17/h3-4,6-9,12H,5,10-11,13H2,1-2H3,(H,19,20). The molecule has 0 unspecified atom stereocenters. The van der Waals surface area contributed by atoms with Crippen LogP contribution in [-0.2, 0) is 6.54 Å². The third-order valence-corrected chi connectivity index (χ3v) is 3.65. The van der Waals surface area contributed by atoms with Crippen LogP contribution in [0.15, 0.2) is 47.1 Å². The van der Waals surface area contributed by atoms with E-state index in [9.17, 15) is 0 Å². The van der Waals surface area contributed by atoms with Gasteiger partial charge in [0.15, 0.2) is 0 Å². The van der Waals surface area contributed by atoms with E-state index in [1.54, 1.807) is 6.20 Å². The van der Waals surface area contributed by atoms with Crippen molar-refractivity contribution in [3.8, 4) is 5.75 Å². The number of pyridine rings is 1. The van der Waals surface area contributed by atoms with Crippen molar-refractivity contribution in [1.82, 2.24) is 9.88 Å². The molecule has 118 valence electrons. The van der Waals surface area contributed by atoms with Gasteiger partial charge in [0, 0.05) is 29.3 Å². The molecule has 0 fully saturated rings. The van der Waals surface area contributed by atoms with E-state index in [4.69, 9.17) is 4.74 Å². The van der Waals surface area contributed by atoms with Crippen LogP contribution in [-0.4, -0.2) is 37.1 Å². The average molecular weight is 364 g/mol. The lowest BCUT2D eigenvalue weighted by molar-refractivity contribution is 0.279. The van der Waals surface area contributed by atoms with E-state index < -0.39 is 0 Å². The molecule has 22 heavy (non-hydrogen) atoms. The molecule has 1 aromatic carbocycles. The molecule has 1 aromatic heterocycles. The predicted octanol–water partition coefficient (Wildman–Crippen LogP) is 3.79. The quantitative estimate of drug-likeness (QED) is 0.724. The maximum atomic E-state index is 5.92. The second kappa shape index (κ2) is 8.76. The summed E-state index contributed by atoms with van der Waals surface area (Å²) in [5.41, 5.74) is 1.12. The Bertz CT molecular complexity index is 575. The molecule has 0 aliphatic carbocycles. The molecule has 0 aliphatic rings. The van der Waals surface area contributed by atoms with Gasteiger partial charge in [-0.25, -0.2) is 4.98 Å². The summed E-state index contributed by atoms with van der Waals surface area (Å²) in [6.45, 7) is 2.42. The van der Waals surface area contributed by atoms with Crippen LogP contribution in [0.2, 0.25) is 0 Å². The van der Waals surface area contributed by atoms with E-state index in [0.29, 0.717) is 6.54 Å². The normalized spacial score (nSPS) is 10.7. The summed E-state index contributed by atoms with van der Waals surface area (Å²) in [7, 11) is 4.14. The number of hydrogen-bond donors (Lipinski definition) is 1. The summed E-state index contributed by atoms with van der Waals surface area (Å²) >= 11 is 3.52. The molecule has 0 bridgehead atoms. The maximum Gasteiger partial charge on any atom is 0.126 e. The number of rotatable bonds is 8. The predicted molar refractivity (Wildman–Crippen MR) is 94.4 cm³/mol. The first-order chi connectivity index (χ1) is 10.6. The van der Waals surface area contributed by atoms with Gasteiger partial charge in [-0.1, -0.05) is 22.0 Å². The SMILES string of the molecule is CN(C)CCCOc1ccc(Br)cc1CNc1ccccn1. The highest BCUT2D eigenvalue weighted by Crippen LogP contribution is 2.24. The van der Waals surface area contributed by atoms with Crippen molar-refractivity contribution in [2.45, 2.75) is 13.0 Å². The number of aromatic nitrogens is 1. The molecule has 0 aliphatic heterocycles. The molecule has 2 aromatic rings. The molecule has 1 N–H and O–H groups in total. The van der Waals surface area contributed by atoms with Crippen molar-refractivity contribution in [3.63, 3.8) is 0 Å². The Labute approximate surface area is 140 Å². The van der Waals surface area contributed by atoms with Gasteiger partial charge in [-0.05, 0) is 50.8 Å². The summed E-state index contributed by atoms with van der Waals surface area (Å²) in [4.78, 5) is 6.43. The second-order valence-corrected chi connectivity index (χ2v) is 6.24. The molecule has 0 atom stereocenters. The molecular weight excluding hydrogens is 342 g/mol. The summed E-state index contributed by atoms with van der Waals surface area (Å²) < 4.78 is 6.97. The van der Waals surface area contributed by atoms with Gasteiger partial charge in [-0.15, -0.1) is 0 Å². The van der Waals surface area contributed by atoms with Gasteiger partial charge < -0.3 is 15.0 Å². The zero-order chi connectivity index (χ0) is 15.8. The van der Waals surface area contributed by atoms with Gasteiger partial charge in [0.1, 0.15) is 11.6 Å². The van der Waals surface area contributed by atoms with E-state index in [2.05, 4.69) is 51.3 Å². The maximum absolute atomic E-state index is 5.92. The van der Waals surface area contributed by atoms with Crippen molar-refractivity contribution in [1.29, 1.82) is 0 Å². The van der Waals surface area contributed by atoms with Crippen LogP contribution >= 0.6 is 15.9 Å². The third kappa shape index (κ3) is 5.66. The first kappa shape index (κ1) is 16.8. The lowest BCUT2D eigenvalue weighted by Crippen LogP contribution is -2.16. The number of anilines is 1. The van der Waals surface area contributed by atoms with E-state index >= 15 is 0 Å². The molecule has 2 rings (SSSR count). The van der Waals surface area contributed by atoms with E-state index in [1.165, 1.54) is 0 Å². The van der Waals surface area contributed by atoms with Crippen LogP contribution in [0.5, 0.6) is 5.75 Å². The number of ether oxygens (including phenoxy) is 1. The number of benzene rings is 1. The summed E-state index contributed by atoms with van der Waals surface area (Å²) in [6.07, 6.45) is 2.79. The van der Waals surface area contributed by atoms with Crippen molar-refractivity contribution < 1.29 is 4.74 Å². The van der Waals surface area contributed by atoms with Gasteiger partial charge >= 0.3 is 0 Å². The number of nitrogens with zero attached hydrogens (tertiary/aromatic N) is 2. The zero-order valence-electron chi connectivity index (χ0n) is 13.1. The first-order valence-electron chi connectivity index (χ1n) is 7.36. The number of halogens is 1. The van der Waals surface area contributed by atoms with Crippen LogP contribution in [0.4, 0.5) is 5.82 Å². The highest BCUT2D eigenvalue weighted by atomic mass is 79.9. The minimum atomic E-state index is 0.680. The van der Waals surface area contributed by atoms with E-state index in [1.807, 2.05) is 30.3 Å². The Morgan fingerprint density at radius 3 is 2.82 bits per heavy atom. The van der Waals surface area contributed by atoms with Gasteiger partial charge in [0.2, 0.25) is 0 Å². The van der Waals surface area contributed by atoms with Crippen LogP contribution in [0.25, 0.3) is 0 Å². The van der Waals surface area contributed by atoms with Gasteiger partial charge in [-0.2, -0.15) is 0 Å². The first-order valence-corrected chi connectivity index (χ1v) is 8.15. The van der Waals surface area contributed by atoms with Gasteiger partial charge in [0.05, 0.1) is 6.61 Å². The van der Waals surface area contributed by atoms with E-state index in [0.717, 1.165) is 41.2 Å². The Balaban J connectivity index is 1.95. The summed E-state index contributed by atoms with van der Waals surface area (Å²) in [6, 6.07) is 11.9. The highest BCUT2D eigenvalue weighted by Gasteiger charge is 2.05. The van der Waals surface area contributed by atoms with Crippen molar-refractivity contribution in [2.24, 2.45) is 0 Å². The van der Waals surface area contributed by atoms with Gasteiger partial charge in [-0.3, -0.25) is 0 Å². The third-order valence-electron chi connectivity index (χ3n) is 3.15. The Hall–Kier alpha value is -1.59. The summed E-state index contributed by atoms with van der Waals surface area (Å²) in [5, 5.41) is 3.32. The largest absolute Gasteiger partial charge is 0.493 e. The fraction of sp³-hybridized carbons (Fsp3) is 0.353. The monoisotopic (exact) mass is 363 g/mol. The topological polar surface area (TPSA) is 37.4 Å². The lowest BCUT2D eigenvalue weighted by Gasteiger charge is -2.14. The van der Waals surface area contributed by atoms with E-state index in [-0.39, 0.29) is 0 Å². The average Bonchev–Trinajstić information content (AvgIpc) is 2.52. The van der Waals surface area contributed by atoms with Crippen molar-refractivity contribution in [3.05, 3.63) is 52.6 Å². The molecular formula is C17H22BrN3O. The molecule has 4 nitrogen and oxygen atoms in total. The molecule has 1 heterocycles. The van der Waals surface area contributed by atoms with Crippen LogP contribution in [0.1, 0.15) is 12.0 Å². The Morgan fingerprint density at radius 1 is 1.23 bits per heavy atom. The smallest absolute Gasteiger partial charge is 0.126 e. The minimum absolute atomic E-state index is 0.680. The minimum Gasteiger partial charge on any atom is -0.493 e. The summed E-state index contributed by atoms with van der Waals surface area (Å²) in [5.74, 6) is 1.78. The molecule has 0 spiro atoms. The van der Waals surface area contributed by atoms with Crippen molar-refractivity contribution in [2.75, 3.05) is 32.6 Å². The van der Waals surface area contributed by atoms with Crippen molar-refractivity contribution >= 4 is 21.7 Å². The Kier molecular flexibility index (Phi) is 6.68. The number of hydrogen-bond acceptors (Lipinski definition) is 4. The lowest BCUT2D eigenvalue weighted by atomic mass is 10.2. The van der Waals surface area contributed by atoms with Crippen LogP contribution in [0.3, 0.4) is 0 Å². The van der Waals surface area contributed by atoms with Crippen LogP contribution in [0, 0.1) is 0 Å². The zero-order valence-corrected chi connectivity index (χ0v) is 14.6. The molecule has 0 radical (unpaired) electrons. The van der Waals surface area contributed by atoms with Gasteiger partial charge in [0.25, 0.3) is 0 Å². The number of nitrogens with one attached hydrogen (secondary N) is 1. The molecule has 0 saturated carbocycles.